The second-order valence-electron chi connectivity index (χ2n) is 5.59. The molecule has 0 atom stereocenters. The number of halogens is 2. The Labute approximate surface area is 141 Å². The number of piperazine rings is 1. The highest BCUT2D eigenvalue weighted by molar-refractivity contribution is 9.10. The summed E-state index contributed by atoms with van der Waals surface area (Å²) in [4.78, 5) is 7.01. The van der Waals surface area contributed by atoms with E-state index in [2.05, 4.69) is 31.2 Å². The molecule has 2 aromatic heterocycles. The fraction of sp³-hybridized carbons (Fsp3) is 0.400. The predicted octanol–water partition coefficient (Wildman–Crippen LogP) is 1.50. The van der Waals surface area contributed by atoms with E-state index in [-0.39, 0.29) is 5.82 Å². The van der Waals surface area contributed by atoms with Gasteiger partial charge in [-0.25, -0.2) is 9.37 Å². The van der Waals surface area contributed by atoms with Crippen LogP contribution in [-0.2, 0) is 6.54 Å². The Kier molecular flexibility index (Phi) is 3.65. The number of aromatic nitrogens is 4. The zero-order chi connectivity index (χ0) is 16.0. The van der Waals surface area contributed by atoms with Gasteiger partial charge in [-0.15, -0.1) is 4.68 Å². The number of fused-ring (bicyclic) bond motifs is 3. The molecule has 0 bridgehead atoms. The highest BCUT2D eigenvalue weighted by Gasteiger charge is 2.25. The fourth-order valence-electron chi connectivity index (χ4n) is 2.93. The van der Waals surface area contributed by atoms with E-state index in [1.165, 1.54) is 6.07 Å². The van der Waals surface area contributed by atoms with Crippen LogP contribution in [0.5, 0.6) is 0 Å². The molecule has 0 saturated carbocycles. The van der Waals surface area contributed by atoms with E-state index in [4.69, 9.17) is 4.98 Å². The molecule has 1 fully saturated rings. The largest absolute Gasteiger partial charge is 0.349 e. The van der Waals surface area contributed by atoms with Crippen molar-refractivity contribution in [2.75, 3.05) is 31.1 Å². The topological polar surface area (TPSA) is 50.1 Å². The molecule has 1 N–H and O–H groups in total. The first-order chi connectivity index (χ1) is 11.2. The maximum absolute atomic E-state index is 14.0. The van der Waals surface area contributed by atoms with Crippen molar-refractivity contribution in [3.8, 4) is 0 Å². The molecule has 0 spiro atoms. The fourth-order valence-corrected chi connectivity index (χ4v) is 3.26. The minimum atomic E-state index is -0.299. The number of nitrogens with one attached hydrogen (secondary N) is 1. The average Bonchev–Trinajstić information content (AvgIpc) is 3.01. The van der Waals surface area contributed by atoms with E-state index < -0.39 is 0 Å². The van der Waals surface area contributed by atoms with Crippen molar-refractivity contribution < 1.29 is 8.79 Å². The van der Waals surface area contributed by atoms with Crippen LogP contribution in [0.4, 0.5) is 10.2 Å². The number of benzene rings is 1. The van der Waals surface area contributed by atoms with Gasteiger partial charge in [0, 0.05) is 32.2 Å². The van der Waals surface area contributed by atoms with Gasteiger partial charge in [-0.3, -0.25) is 0 Å². The summed E-state index contributed by atoms with van der Waals surface area (Å²) in [6.45, 7) is 6.40. The number of anilines is 1. The SMILES string of the molecule is CCn1c[n+]2c(n1)c(N1CCNCC1)nc1cc(Br)c(F)cc12. The third-order valence-electron chi connectivity index (χ3n) is 4.14. The zero-order valence-electron chi connectivity index (χ0n) is 12.8. The quantitative estimate of drug-likeness (QED) is 0.685. The van der Waals surface area contributed by atoms with Crippen molar-refractivity contribution in [1.82, 2.24) is 20.1 Å². The van der Waals surface area contributed by atoms with Gasteiger partial charge >= 0.3 is 5.65 Å². The molecule has 1 aliphatic rings. The minimum Gasteiger partial charge on any atom is -0.348 e. The van der Waals surface area contributed by atoms with E-state index in [1.54, 1.807) is 6.07 Å². The van der Waals surface area contributed by atoms with E-state index in [0.29, 0.717) is 4.47 Å². The molecule has 4 rings (SSSR count). The Morgan fingerprint density at radius 1 is 1.35 bits per heavy atom. The summed E-state index contributed by atoms with van der Waals surface area (Å²) < 4.78 is 18.2. The Hall–Kier alpha value is -1.80. The van der Waals surface area contributed by atoms with Gasteiger partial charge in [0.05, 0.1) is 9.57 Å². The molecule has 3 aromatic rings. The van der Waals surface area contributed by atoms with Crippen molar-refractivity contribution in [1.29, 1.82) is 0 Å². The van der Waals surface area contributed by atoms with Crippen LogP contribution >= 0.6 is 15.9 Å². The molecule has 0 unspecified atom stereocenters. The second-order valence-corrected chi connectivity index (χ2v) is 6.45. The van der Waals surface area contributed by atoms with Crippen molar-refractivity contribution in [2.24, 2.45) is 0 Å². The lowest BCUT2D eigenvalue weighted by Crippen LogP contribution is -2.44. The summed E-state index contributed by atoms with van der Waals surface area (Å²) in [5.41, 5.74) is 2.24. The summed E-state index contributed by atoms with van der Waals surface area (Å²) >= 11 is 3.25. The van der Waals surface area contributed by atoms with Crippen LogP contribution < -0.4 is 14.6 Å². The van der Waals surface area contributed by atoms with Crippen molar-refractivity contribution in [3.63, 3.8) is 0 Å². The first-order valence-electron chi connectivity index (χ1n) is 7.70. The van der Waals surface area contributed by atoms with Crippen molar-refractivity contribution in [3.05, 3.63) is 28.7 Å². The molecule has 8 heteroatoms. The summed E-state index contributed by atoms with van der Waals surface area (Å²) in [6.07, 6.45) is 1.90. The summed E-state index contributed by atoms with van der Waals surface area (Å²) in [6, 6.07) is 3.23. The molecule has 1 aliphatic heterocycles. The lowest BCUT2D eigenvalue weighted by Gasteiger charge is -2.27. The van der Waals surface area contributed by atoms with Gasteiger partial charge < -0.3 is 10.2 Å². The zero-order valence-corrected chi connectivity index (χ0v) is 14.3. The lowest BCUT2D eigenvalue weighted by atomic mass is 10.2. The molecule has 6 nitrogen and oxygen atoms in total. The average molecular weight is 380 g/mol. The van der Waals surface area contributed by atoms with Gasteiger partial charge in [0.1, 0.15) is 23.4 Å². The molecule has 1 aromatic carbocycles. The van der Waals surface area contributed by atoms with E-state index in [9.17, 15) is 4.39 Å². The van der Waals surface area contributed by atoms with Gasteiger partial charge in [0.25, 0.3) is 0 Å². The second kappa shape index (κ2) is 5.68. The normalized spacial score (nSPS) is 15.7. The minimum absolute atomic E-state index is 0.299. The Bertz CT molecular complexity index is 887. The third-order valence-corrected chi connectivity index (χ3v) is 4.75. The van der Waals surface area contributed by atoms with E-state index in [1.807, 2.05) is 22.3 Å². The smallest absolute Gasteiger partial charge is 0.348 e. The maximum atomic E-state index is 14.0. The first-order valence-corrected chi connectivity index (χ1v) is 8.50. The van der Waals surface area contributed by atoms with E-state index in [0.717, 1.165) is 55.2 Å². The van der Waals surface area contributed by atoms with Gasteiger partial charge in [0.2, 0.25) is 12.1 Å². The molecule has 0 amide bonds. The molecule has 1 saturated heterocycles. The van der Waals surface area contributed by atoms with Crippen LogP contribution in [0.1, 0.15) is 6.92 Å². The number of hydrogen-bond donors (Lipinski definition) is 1. The van der Waals surface area contributed by atoms with Gasteiger partial charge in [-0.05, 0) is 28.9 Å². The Balaban J connectivity index is 2.02. The number of aryl methyl sites for hydroxylation is 1. The molecule has 3 heterocycles. The highest BCUT2D eigenvalue weighted by atomic mass is 79.9. The van der Waals surface area contributed by atoms with Gasteiger partial charge in [0.15, 0.2) is 0 Å². The van der Waals surface area contributed by atoms with Crippen LogP contribution in [0.3, 0.4) is 0 Å². The van der Waals surface area contributed by atoms with Crippen molar-refractivity contribution in [2.45, 2.75) is 13.5 Å². The predicted molar refractivity (Wildman–Crippen MR) is 89.1 cm³/mol. The molecule has 0 radical (unpaired) electrons. The Morgan fingerprint density at radius 2 is 2.13 bits per heavy atom. The lowest BCUT2D eigenvalue weighted by molar-refractivity contribution is -0.483. The Morgan fingerprint density at radius 3 is 2.87 bits per heavy atom. The summed E-state index contributed by atoms with van der Waals surface area (Å²) in [5.74, 6) is 0.553. The van der Waals surface area contributed by atoms with E-state index >= 15 is 0 Å². The standard InChI is InChI=1S/C15H17BrFN6/c1-2-22-9-23-13-8-11(17)10(16)7-12(13)19-14(15(23)20-22)21-5-3-18-4-6-21/h7-9,18H,2-6H2,1H3/q+1. The van der Waals surface area contributed by atoms with Crippen LogP contribution in [0.25, 0.3) is 16.7 Å². The maximum Gasteiger partial charge on any atom is 0.349 e. The molecular formula is C15H17BrFN6+. The number of hydrogen-bond acceptors (Lipinski definition) is 4. The van der Waals surface area contributed by atoms with Gasteiger partial charge in [-0.2, -0.15) is 4.40 Å². The number of nitrogens with zero attached hydrogens (tertiary/aromatic N) is 5. The van der Waals surface area contributed by atoms with Crippen molar-refractivity contribution >= 4 is 38.4 Å². The molecule has 0 aliphatic carbocycles. The van der Waals surface area contributed by atoms with Crippen LogP contribution in [0, 0.1) is 5.82 Å². The molecule has 23 heavy (non-hydrogen) atoms. The third kappa shape index (κ3) is 2.46. The highest BCUT2D eigenvalue weighted by Crippen LogP contribution is 2.24. The van der Waals surface area contributed by atoms with Crippen LogP contribution in [0.2, 0.25) is 0 Å². The monoisotopic (exact) mass is 379 g/mol. The summed E-state index contributed by atoms with van der Waals surface area (Å²) in [7, 11) is 0. The van der Waals surface area contributed by atoms with Crippen LogP contribution in [-0.4, -0.2) is 40.9 Å². The molecular weight excluding hydrogens is 363 g/mol. The first kappa shape index (κ1) is 14.8. The number of rotatable bonds is 2. The van der Waals surface area contributed by atoms with Gasteiger partial charge in [-0.1, -0.05) is 0 Å². The molecule has 120 valence electrons. The summed E-state index contributed by atoms with van der Waals surface area (Å²) in [5, 5.41) is 7.97. The van der Waals surface area contributed by atoms with Crippen LogP contribution in [0.15, 0.2) is 22.9 Å².